The fourth-order valence-corrected chi connectivity index (χ4v) is 3.83. The molecule has 1 aliphatic heterocycles. The van der Waals surface area contributed by atoms with Gasteiger partial charge in [0.05, 0.1) is 5.69 Å². The fourth-order valence-electron chi connectivity index (χ4n) is 2.85. The van der Waals surface area contributed by atoms with E-state index in [9.17, 15) is 0 Å². The SMILES string of the molecule is CCC(C)c1ccc(-c2nc(N3CCNCC3)sc2C)cc1. The van der Waals surface area contributed by atoms with Gasteiger partial charge in [0.15, 0.2) is 5.13 Å². The van der Waals surface area contributed by atoms with E-state index >= 15 is 0 Å². The molecule has 2 aromatic rings. The maximum Gasteiger partial charge on any atom is 0.186 e. The van der Waals surface area contributed by atoms with Gasteiger partial charge in [-0.2, -0.15) is 0 Å². The molecule has 1 aromatic heterocycles. The van der Waals surface area contributed by atoms with Crippen LogP contribution in [0.5, 0.6) is 0 Å². The van der Waals surface area contributed by atoms with Gasteiger partial charge >= 0.3 is 0 Å². The van der Waals surface area contributed by atoms with Gasteiger partial charge < -0.3 is 10.2 Å². The number of nitrogens with one attached hydrogen (secondary N) is 1. The van der Waals surface area contributed by atoms with Crippen LogP contribution in [0.25, 0.3) is 11.3 Å². The summed E-state index contributed by atoms with van der Waals surface area (Å²) in [5.74, 6) is 0.627. The molecule has 22 heavy (non-hydrogen) atoms. The van der Waals surface area contributed by atoms with Crippen LogP contribution in [0.3, 0.4) is 0 Å². The van der Waals surface area contributed by atoms with Crippen molar-refractivity contribution >= 4 is 16.5 Å². The monoisotopic (exact) mass is 315 g/mol. The predicted molar refractivity (Wildman–Crippen MR) is 96.1 cm³/mol. The van der Waals surface area contributed by atoms with Gasteiger partial charge in [0.2, 0.25) is 0 Å². The summed E-state index contributed by atoms with van der Waals surface area (Å²) in [6.07, 6.45) is 1.18. The molecule has 1 N–H and O–H groups in total. The molecule has 0 saturated carbocycles. The van der Waals surface area contributed by atoms with Crippen molar-refractivity contribution in [3.8, 4) is 11.3 Å². The van der Waals surface area contributed by atoms with E-state index in [0.29, 0.717) is 5.92 Å². The molecule has 0 amide bonds. The van der Waals surface area contributed by atoms with Crippen molar-refractivity contribution in [3.63, 3.8) is 0 Å². The van der Waals surface area contributed by atoms with E-state index < -0.39 is 0 Å². The number of hydrogen-bond acceptors (Lipinski definition) is 4. The summed E-state index contributed by atoms with van der Waals surface area (Å²) < 4.78 is 0. The van der Waals surface area contributed by atoms with E-state index in [-0.39, 0.29) is 0 Å². The highest BCUT2D eigenvalue weighted by Gasteiger charge is 2.17. The largest absolute Gasteiger partial charge is 0.346 e. The predicted octanol–water partition coefficient (Wildman–Crippen LogP) is 4.04. The van der Waals surface area contributed by atoms with Crippen molar-refractivity contribution in [2.24, 2.45) is 0 Å². The Balaban J connectivity index is 1.83. The molecule has 118 valence electrons. The second-order valence-electron chi connectivity index (χ2n) is 6.07. The number of hydrogen-bond donors (Lipinski definition) is 1. The molecular weight excluding hydrogens is 290 g/mol. The summed E-state index contributed by atoms with van der Waals surface area (Å²) in [4.78, 5) is 8.62. The van der Waals surface area contributed by atoms with Gasteiger partial charge in [0.25, 0.3) is 0 Å². The summed E-state index contributed by atoms with van der Waals surface area (Å²) in [7, 11) is 0. The first-order valence-corrected chi connectivity index (χ1v) is 9.04. The van der Waals surface area contributed by atoms with Gasteiger partial charge in [-0.15, -0.1) is 11.3 Å². The number of aromatic nitrogens is 1. The molecule has 0 radical (unpaired) electrons. The average molecular weight is 315 g/mol. The third-order valence-electron chi connectivity index (χ3n) is 4.54. The van der Waals surface area contributed by atoms with Gasteiger partial charge in [-0.05, 0) is 24.8 Å². The van der Waals surface area contributed by atoms with Crippen LogP contribution in [0.2, 0.25) is 0 Å². The average Bonchev–Trinajstić information content (AvgIpc) is 2.97. The first-order valence-electron chi connectivity index (χ1n) is 8.22. The lowest BCUT2D eigenvalue weighted by molar-refractivity contribution is 0.588. The molecule has 1 fully saturated rings. The highest BCUT2D eigenvalue weighted by atomic mass is 32.1. The summed E-state index contributed by atoms with van der Waals surface area (Å²) in [6, 6.07) is 8.97. The standard InChI is InChI=1S/C18H25N3S/c1-4-13(2)15-5-7-16(8-6-15)17-14(3)22-18(20-17)21-11-9-19-10-12-21/h5-8,13,19H,4,9-12H2,1-3H3. The third kappa shape index (κ3) is 3.18. The lowest BCUT2D eigenvalue weighted by Crippen LogP contribution is -2.43. The molecule has 1 saturated heterocycles. The normalized spacial score (nSPS) is 16.8. The number of anilines is 1. The Hall–Kier alpha value is -1.39. The quantitative estimate of drug-likeness (QED) is 0.923. The van der Waals surface area contributed by atoms with E-state index in [0.717, 1.165) is 31.9 Å². The van der Waals surface area contributed by atoms with Gasteiger partial charge in [0.1, 0.15) is 0 Å². The Labute approximate surface area is 137 Å². The van der Waals surface area contributed by atoms with Crippen LogP contribution in [0.1, 0.15) is 36.6 Å². The van der Waals surface area contributed by atoms with Crippen LogP contribution in [-0.4, -0.2) is 31.2 Å². The molecule has 1 aromatic carbocycles. The molecule has 1 unspecified atom stereocenters. The summed E-state index contributed by atoms with van der Waals surface area (Å²) in [5, 5.41) is 4.56. The Morgan fingerprint density at radius 2 is 1.91 bits per heavy atom. The van der Waals surface area contributed by atoms with Crippen LogP contribution in [0.15, 0.2) is 24.3 Å². The minimum Gasteiger partial charge on any atom is -0.346 e. The van der Waals surface area contributed by atoms with Crippen molar-refractivity contribution in [2.75, 3.05) is 31.1 Å². The van der Waals surface area contributed by atoms with Crippen molar-refractivity contribution in [1.29, 1.82) is 0 Å². The number of piperazine rings is 1. The second-order valence-corrected chi connectivity index (χ2v) is 7.25. The first kappa shape index (κ1) is 15.5. The number of rotatable bonds is 4. The van der Waals surface area contributed by atoms with E-state index in [1.165, 1.54) is 27.6 Å². The Morgan fingerprint density at radius 3 is 2.55 bits per heavy atom. The number of thiazole rings is 1. The zero-order valence-corrected chi connectivity index (χ0v) is 14.5. The number of aryl methyl sites for hydroxylation is 1. The zero-order valence-electron chi connectivity index (χ0n) is 13.7. The highest BCUT2D eigenvalue weighted by molar-refractivity contribution is 7.16. The second kappa shape index (κ2) is 6.80. The van der Waals surface area contributed by atoms with Gasteiger partial charge in [-0.3, -0.25) is 0 Å². The molecule has 3 rings (SSSR count). The Morgan fingerprint density at radius 1 is 1.23 bits per heavy atom. The Kier molecular flexibility index (Phi) is 4.79. The highest BCUT2D eigenvalue weighted by Crippen LogP contribution is 2.33. The van der Waals surface area contributed by atoms with Crippen molar-refractivity contribution in [2.45, 2.75) is 33.1 Å². The third-order valence-corrected chi connectivity index (χ3v) is 5.57. The molecule has 1 atom stereocenters. The molecule has 4 heteroatoms. The first-order chi connectivity index (χ1) is 10.7. The smallest absolute Gasteiger partial charge is 0.186 e. The molecule has 0 bridgehead atoms. The maximum absolute atomic E-state index is 4.92. The lowest BCUT2D eigenvalue weighted by atomic mass is 9.97. The van der Waals surface area contributed by atoms with Gasteiger partial charge in [0, 0.05) is 36.6 Å². The molecule has 0 spiro atoms. The van der Waals surface area contributed by atoms with Crippen molar-refractivity contribution < 1.29 is 0 Å². The molecule has 1 aliphatic rings. The van der Waals surface area contributed by atoms with Crippen LogP contribution in [-0.2, 0) is 0 Å². The van der Waals surface area contributed by atoms with Crippen molar-refractivity contribution in [1.82, 2.24) is 10.3 Å². The lowest BCUT2D eigenvalue weighted by Gasteiger charge is -2.26. The summed E-state index contributed by atoms with van der Waals surface area (Å²) in [6.45, 7) is 10.9. The molecule has 3 nitrogen and oxygen atoms in total. The topological polar surface area (TPSA) is 28.2 Å². The fraction of sp³-hybridized carbons (Fsp3) is 0.500. The maximum atomic E-state index is 4.92. The van der Waals surface area contributed by atoms with Crippen LogP contribution in [0.4, 0.5) is 5.13 Å². The minimum absolute atomic E-state index is 0.627. The Bertz CT molecular complexity index is 612. The van der Waals surface area contributed by atoms with E-state index in [1.54, 1.807) is 0 Å². The minimum atomic E-state index is 0.627. The molecule has 2 heterocycles. The van der Waals surface area contributed by atoms with E-state index in [2.05, 4.69) is 55.3 Å². The van der Waals surface area contributed by atoms with Crippen LogP contribution < -0.4 is 10.2 Å². The number of nitrogens with zero attached hydrogens (tertiary/aromatic N) is 2. The molecule has 0 aliphatic carbocycles. The van der Waals surface area contributed by atoms with E-state index in [1.807, 2.05) is 11.3 Å². The van der Waals surface area contributed by atoms with Gasteiger partial charge in [-0.25, -0.2) is 4.98 Å². The molecular formula is C18H25N3S. The van der Waals surface area contributed by atoms with Crippen LogP contribution in [0, 0.1) is 6.92 Å². The summed E-state index contributed by atoms with van der Waals surface area (Å²) in [5.41, 5.74) is 3.80. The number of benzene rings is 1. The van der Waals surface area contributed by atoms with Crippen molar-refractivity contribution in [3.05, 3.63) is 34.7 Å². The van der Waals surface area contributed by atoms with Crippen LogP contribution >= 0.6 is 11.3 Å². The summed E-state index contributed by atoms with van der Waals surface area (Å²) >= 11 is 1.82. The van der Waals surface area contributed by atoms with Gasteiger partial charge in [-0.1, -0.05) is 38.1 Å². The van der Waals surface area contributed by atoms with E-state index in [4.69, 9.17) is 4.98 Å². The zero-order chi connectivity index (χ0) is 15.5.